The Balaban J connectivity index is 2.02. The molecule has 0 saturated heterocycles. The predicted octanol–water partition coefficient (Wildman–Crippen LogP) is 3.50. The Bertz CT molecular complexity index is 416. The molecule has 1 saturated carbocycles. The van der Waals surface area contributed by atoms with Gasteiger partial charge in [0.1, 0.15) is 0 Å². The van der Waals surface area contributed by atoms with Crippen molar-refractivity contribution < 1.29 is 4.21 Å². The zero-order chi connectivity index (χ0) is 12.3. The SMILES string of the molecule is Nc1cc(Cl)ccc1CS(=O)C1CCCCC1. The summed E-state index contributed by atoms with van der Waals surface area (Å²) in [7, 11) is -0.797. The molecule has 17 heavy (non-hydrogen) atoms. The third kappa shape index (κ3) is 3.46. The van der Waals surface area contributed by atoms with Gasteiger partial charge in [0.05, 0.1) is 5.75 Å². The van der Waals surface area contributed by atoms with E-state index in [0.717, 1.165) is 18.4 Å². The van der Waals surface area contributed by atoms with Crippen LogP contribution in [0.15, 0.2) is 18.2 Å². The standard InChI is InChI=1S/C13H18ClNOS/c14-11-7-6-10(13(15)8-11)9-17(16)12-4-2-1-3-5-12/h6-8,12H,1-5,9,15H2. The molecule has 0 bridgehead atoms. The normalized spacial score (nSPS) is 19.1. The van der Waals surface area contributed by atoms with Crippen LogP contribution in [0.25, 0.3) is 0 Å². The Hall–Kier alpha value is -0.540. The van der Waals surface area contributed by atoms with Gasteiger partial charge in [-0.2, -0.15) is 0 Å². The van der Waals surface area contributed by atoms with E-state index in [2.05, 4.69) is 0 Å². The number of nitrogens with two attached hydrogens (primary N) is 1. The van der Waals surface area contributed by atoms with E-state index in [4.69, 9.17) is 17.3 Å². The average molecular weight is 272 g/mol. The van der Waals surface area contributed by atoms with Gasteiger partial charge in [-0.05, 0) is 30.5 Å². The molecule has 0 spiro atoms. The monoisotopic (exact) mass is 271 g/mol. The first-order chi connectivity index (χ1) is 8.16. The van der Waals surface area contributed by atoms with Crippen molar-refractivity contribution in [1.82, 2.24) is 0 Å². The highest BCUT2D eigenvalue weighted by atomic mass is 35.5. The number of rotatable bonds is 3. The van der Waals surface area contributed by atoms with Gasteiger partial charge in [-0.25, -0.2) is 0 Å². The molecule has 0 radical (unpaired) electrons. The molecular formula is C13H18ClNOS. The fourth-order valence-electron chi connectivity index (χ4n) is 2.30. The molecule has 1 aromatic carbocycles. The smallest absolute Gasteiger partial charge is 0.0508 e. The molecule has 0 aromatic heterocycles. The van der Waals surface area contributed by atoms with Crippen molar-refractivity contribution in [2.75, 3.05) is 5.73 Å². The molecule has 2 nitrogen and oxygen atoms in total. The van der Waals surface area contributed by atoms with Crippen LogP contribution in [-0.4, -0.2) is 9.46 Å². The molecule has 1 aliphatic rings. The topological polar surface area (TPSA) is 43.1 Å². The molecule has 2 rings (SSSR count). The molecule has 4 heteroatoms. The van der Waals surface area contributed by atoms with Gasteiger partial charge in [0.15, 0.2) is 0 Å². The zero-order valence-corrected chi connectivity index (χ0v) is 11.4. The zero-order valence-electron chi connectivity index (χ0n) is 9.82. The summed E-state index contributed by atoms with van der Waals surface area (Å²) in [6.45, 7) is 0. The second-order valence-electron chi connectivity index (χ2n) is 4.63. The van der Waals surface area contributed by atoms with Crippen molar-refractivity contribution in [3.05, 3.63) is 28.8 Å². The first-order valence-electron chi connectivity index (χ1n) is 6.08. The van der Waals surface area contributed by atoms with Crippen molar-refractivity contribution in [1.29, 1.82) is 0 Å². The molecule has 0 heterocycles. The van der Waals surface area contributed by atoms with E-state index in [0.29, 0.717) is 21.7 Å². The number of halogens is 1. The van der Waals surface area contributed by atoms with E-state index in [-0.39, 0.29) is 0 Å². The van der Waals surface area contributed by atoms with Gasteiger partial charge < -0.3 is 5.73 Å². The number of nitrogen functional groups attached to an aromatic ring is 1. The fourth-order valence-corrected chi connectivity index (χ4v) is 4.14. The van der Waals surface area contributed by atoms with Crippen LogP contribution in [0.3, 0.4) is 0 Å². The maximum absolute atomic E-state index is 12.2. The van der Waals surface area contributed by atoms with Gasteiger partial charge in [-0.1, -0.05) is 36.9 Å². The summed E-state index contributed by atoms with van der Waals surface area (Å²) in [6, 6.07) is 5.43. The average Bonchev–Trinajstić information content (AvgIpc) is 2.34. The molecule has 1 unspecified atom stereocenters. The maximum atomic E-state index is 12.2. The first-order valence-corrected chi connectivity index (χ1v) is 7.84. The van der Waals surface area contributed by atoms with Crippen LogP contribution in [0.4, 0.5) is 5.69 Å². The van der Waals surface area contributed by atoms with Crippen LogP contribution in [0, 0.1) is 0 Å². The Morgan fingerprint density at radius 1 is 1.29 bits per heavy atom. The van der Waals surface area contributed by atoms with Crippen LogP contribution in [0.5, 0.6) is 0 Å². The number of hydrogen-bond acceptors (Lipinski definition) is 2. The van der Waals surface area contributed by atoms with Crippen LogP contribution < -0.4 is 5.73 Å². The fraction of sp³-hybridized carbons (Fsp3) is 0.538. The van der Waals surface area contributed by atoms with Crippen molar-refractivity contribution in [3.8, 4) is 0 Å². The molecule has 1 aromatic rings. The predicted molar refractivity (Wildman–Crippen MR) is 74.6 cm³/mol. The van der Waals surface area contributed by atoms with Gasteiger partial charge >= 0.3 is 0 Å². The van der Waals surface area contributed by atoms with E-state index in [1.54, 1.807) is 6.07 Å². The van der Waals surface area contributed by atoms with Gasteiger partial charge in [-0.15, -0.1) is 0 Å². The molecular weight excluding hydrogens is 254 g/mol. The minimum absolute atomic E-state index is 0.360. The molecule has 94 valence electrons. The lowest BCUT2D eigenvalue weighted by atomic mass is 10.0. The van der Waals surface area contributed by atoms with Gasteiger partial charge in [-0.3, -0.25) is 4.21 Å². The van der Waals surface area contributed by atoms with Gasteiger partial charge in [0.25, 0.3) is 0 Å². The van der Waals surface area contributed by atoms with Crippen molar-refractivity contribution >= 4 is 28.1 Å². The maximum Gasteiger partial charge on any atom is 0.0508 e. The first kappa shape index (κ1) is 12.9. The Morgan fingerprint density at radius 3 is 2.65 bits per heavy atom. The Kier molecular flexibility index (Phi) is 4.46. The van der Waals surface area contributed by atoms with Gasteiger partial charge in [0.2, 0.25) is 0 Å². The van der Waals surface area contributed by atoms with Crippen LogP contribution in [0.2, 0.25) is 5.02 Å². The van der Waals surface area contributed by atoms with E-state index < -0.39 is 10.8 Å². The summed E-state index contributed by atoms with van der Waals surface area (Å²) in [5, 5.41) is 0.994. The Labute approximate surface area is 110 Å². The molecule has 1 fully saturated rings. The van der Waals surface area contributed by atoms with E-state index in [1.807, 2.05) is 12.1 Å². The largest absolute Gasteiger partial charge is 0.398 e. The summed E-state index contributed by atoms with van der Waals surface area (Å²) in [6.07, 6.45) is 5.91. The highest BCUT2D eigenvalue weighted by molar-refractivity contribution is 7.84. The van der Waals surface area contributed by atoms with E-state index in [1.165, 1.54) is 19.3 Å². The second-order valence-corrected chi connectivity index (χ2v) is 6.78. The third-order valence-corrected chi connectivity index (χ3v) is 5.38. The highest BCUT2D eigenvalue weighted by Gasteiger charge is 2.20. The van der Waals surface area contributed by atoms with Crippen LogP contribution in [-0.2, 0) is 16.6 Å². The van der Waals surface area contributed by atoms with E-state index >= 15 is 0 Å². The quantitative estimate of drug-likeness (QED) is 0.855. The minimum atomic E-state index is -0.797. The van der Waals surface area contributed by atoms with Crippen molar-refractivity contribution in [2.24, 2.45) is 0 Å². The number of anilines is 1. The molecule has 2 N–H and O–H groups in total. The summed E-state index contributed by atoms with van der Waals surface area (Å²) in [4.78, 5) is 0. The number of benzene rings is 1. The van der Waals surface area contributed by atoms with Gasteiger partial charge in [0, 0.05) is 26.8 Å². The van der Waals surface area contributed by atoms with Crippen LogP contribution in [0.1, 0.15) is 37.7 Å². The lowest BCUT2D eigenvalue weighted by Gasteiger charge is -2.21. The molecule has 1 atom stereocenters. The third-order valence-electron chi connectivity index (χ3n) is 3.33. The van der Waals surface area contributed by atoms with Crippen molar-refractivity contribution in [2.45, 2.75) is 43.1 Å². The molecule has 0 amide bonds. The molecule has 1 aliphatic carbocycles. The molecule has 0 aliphatic heterocycles. The highest BCUT2D eigenvalue weighted by Crippen LogP contribution is 2.26. The van der Waals surface area contributed by atoms with Crippen LogP contribution >= 0.6 is 11.6 Å². The summed E-state index contributed by atoms with van der Waals surface area (Å²) >= 11 is 5.85. The van der Waals surface area contributed by atoms with Crippen molar-refractivity contribution in [3.63, 3.8) is 0 Å². The summed E-state index contributed by atoms with van der Waals surface area (Å²) in [5.41, 5.74) is 7.49. The van der Waals surface area contributed by atoms with E-state index in [9.17, 15) is 4.21 Å². The Morgan fingerprint density at radius 2 is 2.00 bits per heavy atom. The number of hydrogen-bond donors (Lipinski definition) is 1. The lowest BCUT2D eigenvalue weighted by Crippen LogP contribution is -2.20. The summed E-state index contributed by atoms with van der Waals surface area (Å²) in [5.74, 6) is 0.563. The second kappa shape index (κ2) is 5.87. The lowest BCUT2D eigenvalue weighted by molar-refractivity contribution is 0.504. The minimum Gasteiger partial charge on any atom is -0.398 e. The summed E-state index contributed by atoms with van der Waals surface area (Å²) < 4.78 is 12.2.